The van der Waals surface area contributed by atoms with Crippen molar-refractivity contribution < 1.29 is 13.6 Å². The maximum absolute atomic E-state index is 13.5. The van der Waals surface area contributed by atoms with E-state index in [9.17, 15) is 13.6 Å². The van der Waals surface area contributed by atoms with Crippen LogP contribution in [0.1, 0.15) is 18.4 Å². The number of carbonyl (C=O) groups excluding carboxylic acids is 1. The topological polar surface area (TPSA) is 32.3 Å². The van der Waals surface area contributed by atoms with E-state index in [1.54, 1.807) is 4.90 Å². The molecule has 1 aromatic rings. The molecule has 5 heteroatoms. The standard InChI is InChI=1S/C15H20F2N2O/c1-18-9-11-3-2-6-19(10-11)15(20)8-12-7-13(16)4-5-14(12)17/h4-5,7,11,18H,2-3,6,8-10H2,1H3/t11-/m0/s1. The van der Waals surface area contributed by atoms with Crippen molar-refractivity contribution in [1.29, 1.82) is 0 Å². The number of hydrogen-bond donors (Lipinski definition) is 1. The second-order valence-electron chi connectivity index (χ2n) is 5.32. The van der Waals surface area contributed by atoms with Gasteiger partial charge in [-0.3, -0.25) is 4.79 Å². The predicted molar refractivity (Wildman–Crippen MR) is 73.3 cm³/mol. The number of benzene rings is 1. The number of halogens is 2. The van der Waals surface area contributed by atoms with E-state index >= 15 is 0 Å². The van der Waals surface area contributed by atoms with Gasteiger partial charge in [0.05, 0.1) is 6.42 Å². The molecule has 0 bridgehead atoms. The molecule has 0 spiro atoms. The second-order valence-corrected chi connectivity index (χ2v) is 5.32. The average molecular weight is 282 g/mol. The monoisotopic (exact) mass is 282 g/mol. The lowest BCUT2D eigenvalue weighted by Crippen LogP contribution is -2.43. The Morgan fingerprint density at radius 1 is 1.45 bits per heavy atom. The first kappa shape index (κ1) is 14.9. The van der Waals surface area contributed by atoms with Crippen molar-refractivity contribution >= 4 is 5.91 Å². The summed E-state index contributed by atoms with van der Waals surface area (Å²) in [6.07, 6.45) is 1.98. The highest BCUT2D eigenvalue weighted by atomic mass is 19.1. The molecule has 0 radical (unpaired) electrons. The maximum atomic E-state index is 13.5. The van der Waals surface area contributed by atoms with E-state index in [0.29, 0.717) is 19.0 Å². The van der Waals surface area contributed by atoms with Crippen LogP contribution in [0.15, 0.2) is 18.2 Å². The number of likely N-dealkylation sites (tertiary alicyclic amines) is 1. The summed E-state index contributed by atoms with van der Waals surface area (Å²) >= 11 is 0. The van der Waals surface area contributed by atoms with Gasteiger partial charge in [0.1, 0.15) is 11.6 Å². The van der Waals surface area contributed by atoms with Crippen molar-refractivity contribution in [3.8, 4) is 0 Å². The molecule has 1 fully saturated rings. The van der Waals surface area contributed by atoms with E-state index in [4.69, 9.17) is 0 Å². The third-order valence-corrected chi connectivity index (χ3v) is 3.71. The minimum Gasteiger partial charge on any atom is -0.342 e. The molecule has 1 heterocycles. The van der Waals surface area contributed by atoms with E-state index in [0.717, 1.165) is 37.6 Å². The summed E-state index contributed by atoms with van der Waals surface area (Å²) in [5, 5.41) is 3.12. The van der Waals surface area contributed by atoms with E-state index < -0.39 is 11.6 Å². The zero-order valence-corrected chi connectivity index (χ0v) is 11.7. The molecule has 1 atom stereocenters. The molecule has 2 rings (SSSR count). The number of rotatable bonds is 4. The van der Waals surface area contributed by atoms with E-state index in [2.05, 4.69) is 5.32 Å². The van der Waals surface area contributed by atoms with Gasteiger partial charge in [0.25, 0.3) is 0 Å². The molecule has 1 aliphatic rings. The lowest BCUT2D eigenvalue weighted by atomic mass is 9.97. The molecule has 1 N–H and O–H groups in total. The normalized spacial score (nSPS) is 19.1. The number of hydrogen-bond acceptors (Lipinski definition) is 2. The van der Waals surface area contributed by atoms with Gasteiger partial charge in [-0.25, -0.2) is 8.78 Å². The molecular weight excluding hydrogens is 262 g/mol. The third kappa shape index (κ3) is 3.76. The molecule has 0 saturated carbocycles. The summed E-state index contributed by atoms with van der Waals surface area (Å²) in [4.78, 5) is 14.0. The molecule has 1 aromatic carbocycles. The summed E-state index contributed by atoms with van der Waals surface area (Å²) in [6, 6.07) is 3.23. The fraction of sp³-hybridized carbons (Fsp3) is 0.533. The Hall–Kier alpha value is -1.49. The van der Waals surface area contributed by atoms with Crippen LogP contribution in [0.5, 0.6) is 0 Å². The van der Waals surface area contributed by atoms with Crippen molar-refractivity contribution in [2.45, 2.75) is 19.3 Å². The van der Waals surface area contributed by atoms with Gasteiger partial charge in [-0.05, 0) is 50.6 Å². The van der Waals surface area contributed by atoms with Gasteiger partial charge < -0.3 is 10.2 Å². The van der Waals surface area contributed by atoms with Crippen molar-refractivity contribution in [3.05, 3.63) is 35.4 Å². The van der Waals surface area contributed by atoms with Crippen LogP contribution in [0.4, 0.5) is 8.78 Å². The summed E-state index contributed by atoms with van der Waals surface area (Å²) in [5.74, 6) is -0.727. The zero-order valence-electron chi connectivity index (χ0n) is 11.7. The Morgan fingerprint density at radius 3 is 3.00 bits per heavy atom. The molecule has 1 amide bonds. The molecule has 1 aliphatic heterocycles. The number of nitrogens with one attached hydrogen (secondary N) is 1. The average Bonchev–Trinajstić information content (AvgIpc) is 2.43. The molecule has 110 valence electrons. The van der Waals surface area contributed by atoms with Crippen LogP contribution in [0.3, 0.4) is 0 Å². The first-order valence-electron chi connectivity index (χ1n) is 6.96. The minimum atomic E-state index is -0.525. The van der Waals surface area contributed by atoms with Gasteiger partial charge >= 0.3 is 0 Å². The van der Waals surface area contributed by atoms with Crippen LogP contribution in [-0.4, -0.2) is 37.5 Å². The first-order valence-corrected chi connectivity index (χ1v) is 6.96. The number of piperidine rings is 1. The molecule has 1 saturated heterocycles. The second kappa shape index (κ2) is 6.79. The third-order valence-electron chi connectivity index (χ3n) is 3.71. The smallest absolute Gasteiger partial charge is 0.227 e. The zero-order chi connectivity index (χ0) is 14.5. The van der Waals surface area contributed by atoms with E-state index in [1.807, 2.05) is 7.05 Å². The quantitative estimate of drug-likeness (QED) is 0.915. The van der Waals surface area contributed by atoms with E-state index in [1.165, 1.54) is 0 Å². The van der Waals surface area contributed by atoms with Gasteiger partial charge in [0, 0.05) is 18.7 Å². The summed E-state index contributed by atoms with van der Waals surface area (Å²) < 4.78 is 26.6. The highest BCUT2D eigenvalue weighted by molar-refractivity contribution is 5.79. The first-order chi connectivity index (χ1) is 9.60. The van der Waals surface area contributed by atoms with Crippen LogP contribution in [-0.2, 0) is 11.2 Å². The fourth-order valence-electron chi connectivity index (χ4n) is 2.70. The van der Waals surface area contributed by atoms with Crippen LogP contribution in [0.25, 0.3) is 0 Å². The number of nitrogens with zero attached hydrogens (tertiary/aromatic N) is 1. The van der Waals surface area contributed by atoms with Crippen LogP contribution in [0.2, 0.25) is 0 Å². The molecule has 3 nitrogen and oxygen atoms in total. The van der Waals surface area contributed by atoms with Gasteiger partial charge in [0.15, 0.2) is 0 Å². The highest BCUT2D eigenvalue weighted by Gasteiger charge is 2.23. The Bertz CT molecular complexity index is 477. The molecule has 20 heavy (non-hydrogen) atoms. The number of carbonyl (C=O) groups is 1. The Kier molecular flexibility index (Phi) is 5.06. The summed E-state index contributed by atoms with van der Waals surface area (Å²) in [7, 11) is 1.89. The molecular formula is C15H20F2N2O. The highest BCUT2D eigenvalue weighted by Crippen LogP contribution is 2.18. The minimum absolute atomic E-state index is 0.0735. The van der Waals surface area contributed by atoms with Gasteiger partial charge in [-0.1, -0.05) is 0 Å². The number of amides is 1. The van der Waals surface area contributed by atoms with Crippen LogP contribution < -0.4 is 5.32 Å². The molecule has 0 aliphatic carbocycles. The van der Waals surface area contributed by atoms with Gasteiger partial charge in [-0.15, -0.1) is 0 Å². The summed E-state index contributed by atoms with van der Waals surface area (Å²) in [6.45, 7) is 2.27. The molecule has 0 unspecified atom stereocenters. The predicted octanol–water partition coefficient (Wildman–Crippen LogP) is 1.97. The van der Waals surface area contributed by atoms with Crippen LogP contribution >= 0.6 is 0 Å². The van der Waals surface area contributed by atoms with Crippen molar-refractivity contribution in [2.75, 3.05) is 26.7 Å². The SMILES string of the molecule is CNC[C@@H]1CCCN(C(=O)Cc2cc(F)ccc2F)C1. The van der Waals surface area contributed by atoms with Crippen molar-refractivity contribution in [2.24, 2.45) is 5.92 Å². The van der Waals surface area contributed by atoms with Crippen molar-refractivity contribution in [1.82, 2.24) is 10.2 Å². The van der Waals surface area contributed by atoms with Gasteiger partial charge in [0.2, 0.25) is 5.91 Å². The Morgan fingerprint density at radius 2 is 2.25 bits per heavy atom. The Labute approximate surface area is 118 Å². The van der Waals surface area contributed by atoms with Crippen LogP contribution in [0, 0.1) is 17.6 Å². The van der Waals surface area contributed by atoms with Gasteiger partial charge in [-0.2, -0.15) is 0 Å². The largest absolute Gasteiger partial charge is 0.342 e. The van der Waals surface area contributed by atoms with Crippen molar-refractivity contribution in [3.63, 3.8) is 0 Å². The molecule has 0 aromatic heterocycles. The summed E-state index contributed by atoms with van der Waals surface area (Å²) in [5.41, 5.74) is 0.130. The lowest BCUT2D eigenvalue weighted by Gasteiger charge is -2.32. The Balaban J connectivity index is 1.99. The lowest BCUT2D eigenvalue weighted by molar-refractivity contribution is -0.132. The van der Waals surface area contributed by atoms with E-state index in [-0.39, 0.29) is 17.9 Å². The fourth-order valence-corrected chi connectivity index (χ4v) is 2.70. The maximum Gasteiger partial charge on any atom is 0.227 e.